The lowest BCUT2D eigenvalue weighted by Gasteiger charge is -2.28. The number of ketones is 1. The minimum Gasteiger partial charge on any atom is -0.490 e. The highest BCUT2D eigenvalue weighted by Crippen LogP contribution is 2.25. The van der Waals surface area contributed by atoms with Gasteiger partial charge in [-0.3, -0.25) is 4.79 Å². The molecule has 0 spiro atoms. The molecule has 0 radical (unpaired) electrons. The lowest BCUT2D eigenvalue weighted by molar-refractivity contribution is -0.141. The van der Waals surface area contributed by atoms with Gasteiger partial charge in [-0.1, -0.05) is 6.58 Å². The van der Waals surface area contributed by atoms with E-state index in [1.54, 1.807) is 19.9 Å². The van der Waals surface area contributed by atoms with E-state index in [1.807, 2.05) is 0 Å². The first-order chi connectivity index (χ1) is 7.02. The SMILES string of the molecule is C=CC1(C)CC(=O)C(C(=O)OCC)=CO1. The molecule has 82 valence electrons. The summed E-state index contributed by atoms with van der Waals surface area (Å²) in [7, 11) is 0. The highest BCUT2D eigenvalue weighted by molar-refractivity contribution is 6.17. The molecular formula is C11H14O4. The average molecular weight is 210 g/mol. The van der Waals surface area contributed by atoms with Crippen molar-refractivity contribution in [2.75, 3.05) is 6.61 Å². The predicted molar refractivity (Wildman–Crippen MR) is 54.0 cm³/mol. The molecular weight excluding hydrogens is 196 g/mol. The Morgan fingerprint density at radius 3 is 2.93 bits per heavy atom. The van der Waals surface area contributed by atoms with Gasteiger partial charge in [-0.15, -0.1) is 0 Å². The molecule has 0 aromatic carbocycles. The Balaban J connectivity index is 2.82. The van der Waals surface area contributed by atoms with Gasteiger partial charge in [0.15, 0.2) is 5.78 Å². The van der Waals surface area contributed by atoms with Crippen molar-refractivity contribution >= 4 is 11.8 Å². The van der Waals surface area contributed by atoms with Crippen molar-refractivity contribution < 1.29 is 19.1 Å². The van der Waals surface area contributed by atoms with Crippen LogP contribution in [0.4, 0.5) is 0 Å². The first kappa shape index (κ1) is 11.5. The zero-order valence-corrected chi connectivity index (χ0v) is 8.91. The van der Waals surface area contributed by atoms with E-state index in [-0.39, 0.29) is 24.4 Å². The fourth-order valence-corrected chi connectivity index (χ4v) is 1.21. The van der Waals surface area contributed by atoms with E-state index in [2.05, 4.69) is 6.58 Å². The van der Waals surface area contributed by atoms with Crippen LogP contribution in [0.2, 0.25) is 0 Å². The number of Topliss-reactive ketones (excluding diaryl/α,β-unsaturated/α-hetero) is 1. The molecule has 1 rings (SSSR count). The van der Waals surface area contributed by atoms with Gasteiger partial charge in [0.25, 0.3) is 0 Å². The second-order valence-electron chi connectivity index (χ2n) is 3.49. The maximum absolute atomic E-state index is 11.6. The van der Waals surface area contributed by atoms with E-state index in [0.717, 1.165) is 6.26 Å². The summed E-state index contributed by atoms with van der Waals surface area (Å²) in [5.41, 5.74) is -0.747. The molecule has 1 unspecified atom stereocenters. The third kappa shape index (κ3) is 2.46. The van der Waals surface area contributed by atoms with Gasteiger partial charge in [0.1, 0.15) is 17.4 Å². The maximum Gasteiger partial charge on any atom is 0.344 e. The second kappa shape index (κ2) is 4.29. The minimum atomic E-state index is -0.715. The van der Waals surface area contributed by atoms with Gasteiger partial charge < -0.3 is 9.47 Å². The van der Waals surface area contributed by atoms with Crippen LogP contribution in [-0.4, -0.2) is 24.0 Å². The molecule has 0 saturated carbocycles. The van der Waals surface area contributed by atoms with Crippen molar-refractivity contribution in [2.45, 2.75) is 25.9 Å². The Hall–Kier alpha value is -1.58. The number of hydrogen-bond donors (Lipinski definition) is 0. The molecule has 0 aromatic heterocycles. The highest BCUT2D eigenvalue weighted by atomic mass is 16.5. The first-order valence-corrected chi connectivity index (χ1v) is 4.74. The standard InChI is InChI=1S/C11H14O4/c1-4-11(3)6-9(12)8(7-15-11)10(13)14-5-2/h4,7H,1,5-6H2,2-3H3. The molecule has 0 aromatic rings. The topological polar surface area (TPSA) is 52.6 Å². The van der Waals surface area contributed by atoms with Crippen molar-refractivity contribution in [3.63, 3.8) is 0 Å². The maximum atomic E-state index is 11.6. The van der Waals surface area contributed by atoms with Crippen LogP contribution in [0.3, 0.4) is 0 Å². The van der Waals surface area contributed by atoms with Gasteiger partial charge in [-0.25, -0.2) is 4.79 Å². The molecule has 1 aliphatic heterocycles. The number of ether oxygens (including phenoxy) is 2. The van der Waals surface area contributed by atoms with Gasteiger partial charge >= 0.3 is 5.97 Å². The molecule has 4 heteroatoms. The molecule has 1 atom stereocenters. The average Bonchev–Trinajstić information content (AvgIpc) is 2.18. The third-order valence-electron chi connectivity index (χ3n) is 2.19. The quantitative estimate of drug-likeness (QED) is 0.401. The van der Waals surface area contributed by atoms with Crippen molar-refractivity contribution in [1.29, 1.82) is 0 Å². The largest absolute Gasteiger partial charge is 0.490 e. The summed E-state index contributed by atoms with van der Waals surface area (Å²) in [5, 5.41) is 0. The van der Waals surface area contributed by atoms with Crippen LogP contribution in [0.25, 0.3) is 0 Å². The Kier molecular flexibility index (Phi) is 3.29. The Labute approximate surface area is 88.6 Å². The molecule has 0 N–H and O–H groups in total. The monoisotopic (exact) mass is 210 g/mol. The van der Waals surface area contributed by atoms with E-state index in [9.17, 15) is 9.59 Å². The van der Waals surface area contributed by atoms with Crippen molar-refractivity contribution in [3.8, 4) is 0 Å². The molecule has 15 heavy (non-hydrogen) atoms. The number of hydrogen-bond acceptors (Lipinski definition) is 4. The summed E-state index contributed by atoms with van der Waals surface area (Å²) in [6.07, 6.45) is 2.82. The molecule has 1 aliphatic rings. The van der Waals surface area contributed by atoms with Gasteiger partial charge in [-0.05, 0) is 19.9 Å². The summed E-state index contributed by atoms with van der Waals surface area (Å²) in [5.74, 6) is -0.907. The van der Waals surface area contributed by atoms with E-state index in [0.29, 0.717) is 0 Å². The number of rotatable bonds is 3. The van der Waals surface area contributed by atoms with Crippen molar-refractivity contribution in [1.82, 2.24) is 0 Å². The van der Waals surface area contributed by atoms with E-state index >= 15 is 0 Å². The fourth-order valence-electron chi connectivity index (χ4n) is 1.21. The lowest BCUT2D eigenvalue weighted by atomic mass is 9.93. The van der Waals surface area contributed by atoms with E-state index < -0.39 is 11.6 Å². The van der Waals surface area contributed by atoms with Gasteiger partial charge in [0, 0.05) is 0 Å². The van der Waals surface area contributed by atoms with Crippen LogP contribution in [-0.2, 0) is 19.1 Å². The van der Waals surface area contributed by atoms with E-state index in [4.69, 9.17) is 9.47 Å². The molecule has 0 amide bonds. The van der Waals surface area contributed by atoms with Gasteiger partial charge in [-0.2, -0.15) is 0 Å². The van der Waals surface area contributed by atoms with Crippen molar-refractivity contribution in [3.05, 3.63) is 24.5 Å². The van der Waals surface area contributed by atoms with Crippen molar-refractivity contribution in [2.24, 2.45) is 0 Å². The molecule has 0 fully saturated rings. The van der Waals surface area contributed by atoms with Gasteiger partial charge in [0.05, 0.1) is 13.0 Å². The zero-order valence-electron chi connectivity index (χ0n) is 8.91. The first-order valence-electron chi connectivity index (χ1n) is 4.74. The van der Waals surface area contributed by atoms with Crippen LogP contribution >= 0.6 is 0 Å². The Morgan fingerprint density at radius 2 is 2.47 bits per heavy atom. The van der Waals surface area contributed by atoms with Gasteiger partial charge in [0.2, 0.25) is 0 Å². The van der Waals surface area contributed by atoms with Crippen LogP contribution < -0.4 is 0 Å². The van der Waals surface area contributed by atoms with E-state index in [1.165, 1.54) is 0 Å². The Morgan fingerprint density at radius 1 is 1.80 bits per heavy atom. The lowest BCUT2D eigenvalue weighted by Crippen LogP contribution is -2.34. The number of carbonyl (C=O) groups excluding carboxylic acids is 2. The molecule has 1 heterocycles. The molecule has 4 nitrogen and oxygen atoms in total. The van der Waals surface area contributed by atoms with Crippen LogP contribution in [0.1, 0.15) is 20.3 Å². The second-order valence-corrected chi connectivity index (χ2v) is 3.49. The summed E-state index contributed by atoms with van der Waals surface area (Å²) in [6.45, 7) is 7.23. The fraction of sp³-hybridized carbons (Fsp3) is 0.455. The molecule has 0 saturated heterocycles. The number of carbonyl (C=O) groups is 2. The highest BCUT2D eigenvalue weighted by Gasteiger charge is 2.34. The summed E-state index contributed by atoms with van der Waals surface area (Å²) >= 11 is 0. The summed E-state index contributed by atoms with van der Waals surface area (Å²) in [4.78, 5) is 22.9. The zero-order chi connectivity index (χ0) is 11.5. The molecule has 0 aliphatic carbocycles. The smallest absolute Gasteiger partial charge is 0.344 e. The van der Waals surface area contributed by atoms with Crippen LogP contribution in [0.15, 0.2) is 24.5 Å². The van der Waals surface area contributed by atoms with Crippen LogP contribution in [0, 0.1) is 0 Å². The minimum absolute atomic E-state index is 0.0313. The predicted octanol–water partition coefficient (Wildman–Crippen LogP) is 1.37. The summed E-state index contributed by atoms with van der Waals surface area (Å²) < 4.78 is 9.98. The summed E-state index contributed by atoms with van der Waals surface area (Å²) in [6, 6.07) is 0. The number of esters is 1. The van der Waals surface area contributed by atoms with Crippen LogP contribution in [0.5, 0.6) is 0 Å². The molecule has 0 bridgehead atoms. The normalized spacial score (nSPS) is 25.2. The third-order valence-corrected chi connectivity index (χ3v) is 2.19. The Bertz CT molecular complexity index is 329.